The fourth-order valence-electron chi connectivity index (χ4n) is 6.13. The lowest BCUT2D eigenvalue weighted by Crippen LogP contribution is -2.02. The first-order valence-corrected chi connectivity index (χ1v) is 15.2. The van der Waals surface area contributed by atoms with Crippen molar-refractivity contribution in [2.45, 2.75) is 6.92 Å². The van der Waals surface area contributed by atoms with Gasteiger partial charge in [0.25, 0.3) is 0 Å². The van der Waals surface area contributed by atoms with Crippen molar-refractivity contribution >= 4 is 21.8 Å². The first kappa shape index (κ1) is 27.2. The third-order valence-corrected chi connectivity index (χ3v) is 8.35. The molecule has 0 aliphatic rings. The molecule has 0 N–H and O–H groups in total. The van der Waals surface area contributed by atoms with Gasteiger partial charge in [-0.05, 0) is 60.5 Å². The maximum atomic E-state index is 9.46. The van der Waals surface area contributed by atoms with E-state index >= 15 is 0 Å². The lowest BCUT2D eigenvalue weighted by Gasteiger charge is -2.15. The largest absolute Gasteiger partial charge is 0.309 e. The van der Waals surface area contributed by atoms with Crippen LogP contribution in [0.15, 0.2) is 146 Å². The van der Waals surface area contributed by atoms with E-state index in [1.54, 1.807) is 0 Å². The number of nitriles is 1. The second-order valence-corrected chi connectivity index (χ2v) is 11.3. The predicted molar refractivity (Wildman–Crippen MR) is 185 cm³/mol. The summed E-state index contributed by atoms with van der Waals surface area (Å²) in [5.74, 6) is 1.78. The molecular formula is C41H27N5. The van der Waals surface area contributed by atoms with Gasteiger partial charge in [-0.2, -0.15) is 5.26 Å². The predicted octanol–water partition coefficient (Wildman–Crippen LogP) is 9.82. The zero-order valence-electron chi connectivity index (χ0n) is 25.1. The summed E-state index contributed by atoms with van der Waals surface area (Å²) in [5, 5.41) is 11.9. The Balaban J connectivity index is 1.42. The molecule has 0 amide bonds. The Labute approximate surface area is 266 Å². The number of aryl methyl sites for hydroxylation is 1. The molecule has 6 aromatic carbocycles. The SMILES string of the molecule is Cc1ccc2c(c1)c1ccccc1n2-c1ccc(-c2ccc(C#N)cc2)c(-c2nc(-c3ccccc3)nc(-c3ccccc3)n2)c1. The Morgan fingerprint density at radius 2 is 1.11 bits per heavy atom. The van der Waals surface area contributed by atoms with Gasteiger partial charge in [0.1, 0.15) is 0 Å². The van der Waals surface area contributed by atoms with Crippen molar-refractivity contribution in [2.75, 3.05) is 0 Å². The van der Waals surface area contributed by atoms with Gasteiger partial charge in [-0.25, -0.2) is 15.0 Å². The maximum Gasteiger partial charge on any atom is 0.164 e. The summed E-state index contributed by atoms with van der Waals surface area (Å²) in [6, 6.07) is 51.5. The Hall–Kier alpha value is -6.38. The van der Waals surface area contributed by atoms with E-state index in [4.69, 9.17) is 15.0 Å². The summed E-state index contributed by atoms with van der Waals surface area (Å²) < 4.78 is 2.31. The van der Waals surface area contributed by atoms with Crippen LogP contribution in [-0.4, -0.2) is 19.5 Å². The molecule has 0 saturated heterocycles. The molecule has 0 radical (unpaired) electrons. The van der Waals surface area contributed by atoms with Crippen molar-refractivity contribution < 1.29 is 0 Å². The molecule has 0 aliphatic carbocycles. The number of aromatic nitrogens is 4. The van der Waals surface area contributed by atoms with Crippen LogP contribution in [0.5, 0.6) is 0 Å². The molecule has 5 heteroatoms. The molecule has 0 atom stereocenters. The molecule has 2 heterocycles. The summed E-state index contributed by atoms with van der Waals surface area (Å²) in [6.07, 6.45) is 0. The topological polar surface area (TPSA) is 67.4 Å². The van der Waals surface area contributed by atoms with Crippen molar-refractivity contribution in [2.24, 2.45) is 0 Å². The third-order valence-electron chi connectivity index (χ3n) is 8.35. The number of benzene rings is 6. The Morgan fingerprint density at radius 1 is 0.500 bits per heavy atom. The average Bonchev–Trinajstić information content (AvgIpc) is 3.45. The molecule has 0 spiro atoms. The van der Waals surface area contributed by atoms with Crippen LogP contribution in [0, 0.1) is 18.3 Å². The van der Waals surface area contributed by atoms with E-state index in [9.17, 15) is 5.26 Å². The highest BCUT2D eigenvalue weighted by molar-refractivity contribution is 6.09. The maximum absolute atomic E-state index is 9.46. The Bertz CT molecular complexity index is 2360. The lowest BCUT2D eigenvalue weighted by atomic mass is 9.97. The van der Waals surface area contributed by atoms with Crippen molar-refractivity contribution in [3.63, 3.8) is 0 Å². The number of nitrogens with zero attached hydrogens (tertiary/aromatic N) is 5. The fourth-order valence-corrected chi connectivity index (χ4v) is 6.13. The van der Waals surface area contributed by atoms with E-state index in [1.165, 1.54) is 16.3 Å². The van der Waals surface area contributed by atoms with Crippen LogP contribution in [-0.2, 0) is 0 Å². The molecular weight excluding hydrogens is 562 g/mol. The minimum absolute atomic E-state index is 0.575. The van der Waals surface area contributed by atoms with E-state index in [2.05, 4.69) is 78.2 Å². The highest BCUT2D eigenvalue weighted by atomic mass is 15.0. The number of hydrogen-bond acceptors (Lipinski definition) is 4. The summed E-state index contributed by atoms with van der Waals surface area (Å²) in [7, 11) is 0. The number of rotatable bonds is 5. The number of para-hydroxylation sites is 1. The molecule has 46 heavy (non-hydrogen) atoms. The summed E-state index contributed by atoms with van der Waals surface area (Å²) >= 11 is 0. The first-order valence-electron chi connectivity index (χ1n) is 15.2. The first-order chi connectivity index (χ1) is 22.7. The van der Waals surface area contributed by atoms with Gasteiger partial charge in [-0.15, -0.1) is 0 Å². The molecule has 0 fully saturated rings. The lowest BCUT2D eigenvalue weighted by molar-refractivity contribution is 1.07. The van der Waals surface area contributed by atoms with Gasteiger partial charge < -0.3 is 4.57 Å². The molecule has 216 valence electrons. The summed E-state index contributed by atoms with van der Waals surface area (Å²) in [5.41, 5.74) is 9.74. The second kappa shape index (κ2) is 11.3. The van der Waals surface area contributed by atoms with E-state index < -0.39 is 0 Å². The van der Waals surface area contributed by atoms with E-state index in [1.807, 2.05) is 84.9 Å². The minimum Gasteiger partial charge on any atom is -0.309 e. The third kappa shape index (κ3) is 4.79. The van der Waals surface area contributed by atoms with Crippen molar-refractivity contribution in [3.05, 3.63) is 157 Å². The van der Waals surface area contributed by atoms with Crippen molar-refractivity contribution in [3.8, 4) is 57.0 Å². The van der Waals surface area contributed by atoms with Gasteiger partial charge in [-0.1, -0.05) is 109 Å². The zero-order valence-corrected chi connectivity index (χ0v) is 25.1. The fraction of sp³-hybridized carbons (Fsp3) is 0.0244. The highest BCUT2D eigenvalue weighted by Crippen LogP contribution is 2.38. The normalized spacial score (nSPS) is 11.1. The molecule has 5 nitrogen and oxygen atoms in total. The van der Waals surface area contributed by atoms with Gasteiger partial charge in [0.05, 0.1) is 22.7 Å². The Kier molecular flexibility index (Phi) is 6.67. The van der Waals surface area contributed by atoms with Crippen LogP contribution in [0.1, 0.15) is 11.1 Å². The summed E-state index contributed by atoms with van der Waals surface area (Å²) in [4.78, 5) is 15.1. The van der Waals surface area contributed by atoms with E-state index in [0.717, 1.165) is 44.5 Å². The molecule has 8 rings (SSSR count). The van der Waals surface area contributed by atoms with Crippen LogP contribution in [0.3, 0.4) is 0 Å². The minimum atomic E-state index is 0.575. The molecule has 0 saturated carbocycles. The van der Waals surface area contributed by atoms with Gasteiger partial charge in [0, 0.05) is 33.2 Å². The van der Waals surface area contributed by atoms with E-state index in [-0.39, 0.29) is 0 Å². The quantitative estimate of drug-likeness (QED) is 0.200. The van der Waals surface area contributed by atoms with E-state index in [0.29, 0.717) is 23.0 Å². The zero-order chi connectivity index (χ0) is 31.0. The van der Waals surface area contributed by atoms with Crippen LogP contribution in [0.25, 0.3) is 72.8 Å². The van der Waals surface area contributed by atoms with Crippen LogP contribution in [0.4, 0.5) is 0 Å². The second-order valence-electron chi connectivity index (χ2n) is 11.3. The molecule has 0 unspecified atom stereocenters. The monoisotopic (exact) mass is 589 g/mol. The number of hydrogen-bond donors (Lipinski definition) is 0. The van der Waals surface area contributed by atoms with Crippen LogP contribution in [0.2, 0.25) is 0 Å². The molecule has 8 aromatic rings. The molecule has 0 aliphatic heterocycles. The van der Waals surface area contributed by atoms with Gasteiger partial charge in [-0.3, -0.25) is 0 Å². The summed E-state index contributed by atoms with van der Waals surface area (Å²) in [6.45, 7) is 2.13. The average molecular weight is 590 g/mol. The smallest absolute Gasteiger partial charge is 0.164 e. The van der Waals surface area contributed by atoms with Crippen molar-refractivity contribution in [1.82, 2.24) is 19.5 Å². The van der Waals surface area contributed by atoms with Gasteiger partial charge in [0.2, 0.25) is 0 Å². The van der Waals surface area contributed by atoms with Crippen LogP contribution < -0.4 is 0 Å². The van der Waals surface area contributed by atoms with Crippen LogP contribution >= 0.6 is 0 Å². The Morgan fingerprint density at radius 3 is 1.78 bits per heavy atom. The van der Waals surface area contributed by atoms with Gasteiger partial charge >= 0.3 is 0 Å². The highest BCUT2D eigenvalue weighted by Gasteiger charge is 2.19. The molecule has 2 aromatic heterocycles. The standard InChI is InChI=1S/C41H27N5/c1-27-16-23-38-35(24-27)34-14-8-9-15-37(34)46(38)32-21-22-33(29-19-17-28(26-42)18-20-29)36(25-32)41-44-39(30-10-4-2-5-11-30)43-40(45-41)31-12-6-3-7-13-31/h2-25H,1H3. The number of fused-ring (bicyclic) bond motifs is 3. The van der Waals surface area contributed by atoms with Gasteiger partial charge in [0.15, 0.2) is 17.5 Å². The van der Waals surface area contributed by atoms with Crippen molar-refractivity contribution in [1.29, 1.82) is 5.26 Å². The molecule has 0 bridgehead atoms.